The Hall–Kier alpha value is -4.32. The van der Waals surface area contributed by atoms with Crippen LogP contribution in [0.1, 0.15) is 6.92 Å². The minimum absolute atomic E-state index is 0.0624. The lowest BCUT2D eigenvalue weighted by Crippen LogP contribution is -2.18. The lowest BCUT2D eigenvalue weighted by atomic mass is 10.2. The molecule has 32 heavy (non-hydrogen) atoms. The molecule has 0 aliphatic heterocycles. The van der Waals surface area contributed by atoms with Crippen LogP contribution in [0.3, 0.4) is 0 Å². The van der Waals surface area contributed by atoms with Crippen molar-refractivity contribution >= 4 is 55.7 Å². The van der Waals surface area contributed by atoms with Gasteiger partial charge in [0.2, 0.25) is 22.8 Å². The van der Waals surface area contributed by atoms with E-state index in [9.17, 15) is 19.8 Å². The summed E-state index contributed by atoms with van der Waals surface area (Å²) in [6, 6.07) is 13.4. The molecule has 2 amide bonds. The van der Waals surface area contributed by atoms with Crippen molar-refractivity contribution in [3.8, 4) is 11.6 Å². The Morgan fingerprint density at radius 2 is 1.78 bits per heavy atom. The summed E-state index contributed by atoms with van der Waals surface area (Å²) >= 11 is 1.02. The summed E-state index contributed by atoms with van der Waals surface area (Å²) in [4.78, 5) is 23.7. The van der Waals surface area contributed by atoms with E-state index in [0.717, 1.165) is 11.3 Å². The first kappa shape index (κ1) is 20.9. The highest BCUT2D eigenvalue weighted by Crippen LogP contribution is 2.39. The van der Waals surface area contributed by atoms with Gasteiger partial charge in [0.05, 0.1) is 11.2 Å². The van der Waals surface area contributed by atoms with Crippen molar-refractivity contribution in [3.63, 3.8) is 0 Å². The summed E-state index contributed by atoms with van der Waals surface area (Å²) in [5.41, 5.74) is 0.995. The van der Waals surface area contributed by atoms with Crippen molar-refractivity contribution in [2.75, 3.05) is 10.6 Å². The van der Waals surface area contributed by atoms with Crippen LogP contribution >= 0.6 is 11.3 Å². The predicted molar refractivity (Wildman–Crippen MR) is 119 cm³/mol. The smallest absolute Gasteiger partial charge is 0.253 e. The minimum Gasteiger partial charge on any atom is -0.506 e. The number of carbonyl (C=O) groups is 2. The molecule has 4 aromatic rings. The summed E-state index contributed by atoms with van der Waals surface area (Å²) in [6.07, 6.45) is 0. The molecule has 0 radical (unpaired) electrons. The number of hydrogen-bond acceptors (Lipinski definition) is 9. The molecule has 4 rings (SSSR count). The van der Waals surface area contributed by atoms with Gasteiger partial charge < -0.3 is 25.4 Å². The van der Waals surface area contributed by atoms with Crippen LogP contribution in [-0.2, 0) is 16.1 Å². The maximum absolute atomic E-state index is 12.6. The van der Waals surface area contributed by atoms with Crippen molar-refractivity contribution in [1.29, 1.82) is 0 Å². The average molecular weight is 451 g/mol. The number of rotatable bonds is 6. The van der Waals surface area contributed by atoms with Gasteiger partial charge in [0.15, 0.2) is 5.69 Å². The van der Waals surface area contributed by atoms with Crippen molar-refractivity contribution in [2.45, 2.75) is 13.5 Å². The van der Waals surface area contributed by atoms with Crippen molar-refractivity contribution in [1.82, 2.24) is 14.8 Å². The molecule has 162 valence electrons. The van der Waals surface area contributed by atoms with Gasteiger partial charge in [-0.05, 0) is 18.2 Å². The first-order valence-electron chi connectivity index (χ1n) is 9.33. The SMILES string of the molecule is CC(=O)Nc1nnc(N=Nc2c(O)n(CC(=O)Nc3ccccc3O)c3ccccc23)s1. The number of anilines is 2. The zero-order chi connectivity index (χ0) is 22.7. The third kappa shape index (κ3) is 4.39. The molecule has 2 aromatic carbocycles. The summed E-state index contributed by atoms with van der Waals surface area (Å²) in [6.45, 7) is 1.13. The van der Waals surface area contributed by atoms with E-state index < -0.39 is 5.91 Å². The largest absolute Gasteiger partial charge is 0.506 e. The summed E-state index contributed by atoms with van der Waals surface area (Å²) in [5.74, 6) is -1.05. The number of hydrogen-bond donors (Lipinski definition) is 4. The van der Waals surface area contributed by atoms with Gasteiger partial charge >= 0.3 is 0 Å². The molecule has 0 spiro atoms. The lowest BCUT2D eigenvalue weighted by molar-refractivity contribution is -0.117. The summed E-state index contributed by atoms with van der Waals surface area (Å²) in [7, 11) is 0. The molecule has 0 unspecified atom stereocenters. The zero-order valence-electron chi connectivity index (χ0n) is 16.7. The molecule has 0 aliphatic carbocycles. The summed E-state index contributed by atoms with van der Waals surface area (Å²) < 4.78 is 1.39. The molecule has 12 heteroatoms. The quantitative estimate of drug-likeness (QED) is 0.257. The number of phenolic OH excluding ortho intramolecular Hbond substituents is 1. The van der Waals surface area contributed by atoms with E-state index >= 15 is 0 Å². The average Bonchev–Trinajstić information content (AvgIpc) is 3.30. The molecular weight excluding hydrogens is 434 g/mol. The highest BCUT2D eigenvalue weighted by Gasteiger charge is 2.19. The fourth-order valence-corrected chi connectivity index (χ4v) is 3.61. The standard InChI is InChI=1S/C20H17N7O4S/c1-11(28)21-19-24-26-20(32-19)25-23-17-12-6-2-4-8-14(12)27(18(17)31)10-16(30)22-13-7-3-5-9-15(13)29/h2-9,29,31H,10H2,1H3,(H,22,30)(H,21,24,28). The number of fused-ring (bicyclic) bond motifs is 1. The first-order chi connectivity index (χ1) is 15.4. The van der Waals surface area contributed by atoms with Crippen molar-refractivity contribution < 1.29 is 19.8 Å². The molecule has 0 atom stereocenters. The third-order valence-corrected chi connectivity index (χ3v) is 5.05. The fraction of sp³-hybridized carbons (Fsp3) is 0.100. The lowest BCUT2D eigenvalue weighted by Gasteiger charge is -2.09. The number of para-hydroxylation sites is 3. The Labute approximate surface area is 185 Å². The zero-order valence-corrected chi connectivity index (χ0v) is 17.5. The van der Waals surface area contributed by atoms with E-state index in [1.807, 2.05) is 0 Å². The van der Waals surface area contributed by atoms with E-state index in [2.05, 4.69) is 31.1 Å². The number of aromatic nitrogens is 3. The minimum atomic E-state index is -0.449. The van der Waals surface area contributed by atoms with Gasteiger partial charge in [-0.3, -0.25) is 9.59 Å². The third-order valence-electron chi connectivity index (χ3n) is 4.33. The van der Waals surface area contributed by atoms with Gasteiger partial charge in [-0.15, -0.1) is 20.4 Å². The van der Waals surface area contributed by atoms with E-state index in [1.165, 1.54) is 17.6 Å². The van der Waals surface area contributed by atoms with E-state index in [-0.39, 0.29) is 45.7 Å². The maximum atomic E-state index is 12.6. The van der Waals surface area contributed by atoms with Gasteiger partial charge in [0.1, 0.15) is 12.3 Å². The van der Waals surface area contributed by atoms with Gasteiger partial charge in [0.25, 0.3) is 5.13 Å². The summed E-state index contributed by atoms with van der Waals surface area (Å²) in [5, 5.41) is 42.5. The van der Waals surface area contributed by atoms with Crippen molar-refractivity contribution in [3.05, 3.63) is 48.5 Å². The number of benzene rings is 2. The Balaban J connectivity index is 1.61. The monoisotopic (exact) mass is 451 g/mol. The van der Waals surface area contributed by atoms with Crippen LogP contribution in [-0.4, -0.2) is 36.8 Å². The van der Waals surface area contributed by atoms with Crippen LogP contribution in [0.25, 0.3) is 10.9 Å². The number of nitrogens with one attached hydrogen (secondary N) is 2. The van der Waals surface area contributed by atoms with Crippen molar-refractivity contribution in [2.24, 2.45) is 10.2 Å². The Bertz CT molecular complexity index is 1340. The molecule has 0 bridgehead atoms. The number of phenols is 1. The van der Waals surface area contributed by atoms with Crippen LogP contribution in [0.15, 0.2) is 58.8 Å². The van der Waals surface area contributed by atoms with E-state index in [1.54, 1.807) is 42.5 Å². The number of nitrogens with zero attached hydrogens (tertiary/aromatic N) is 5. The molecule has 0 fully saturated rings. The van der Waals surface area contributed by atoms with Gasteiger partial charge in [-0.25, -0.2) is 0 Å². The number of amides is 2. The Morgan fingerprint density at radius 3 is 2.56 bits per heavy atom. The van der Waals surface area contributed by atoms with Crippen LogP contribution < -0.4 is 10.6 Å². The van der Waals surface area contributed by atoms with Crippen LogP contribution in [0.5, 0.6) is 11.6 Å². The van der Waals surface area contributed by atoms with Gasteiger partial charge in [0, 0.05) is 12.3 Å². The van der Waals surface area contributed by atoms with Gasteiger partial charge in [-0.1, -0.05) is 41.7 Å². The normalized spacial score (nSPS) is 11.2. The van der Waals surface area contributed by atoms with E-state index in [4.69, 9.17) is 0 Å². The molecule has 0 aliphatic rings. The number of aromatic hydroxyl groups is 2. The molecule has 0 saturated carbocycles. The second-order valence-corrected chi connectivity index (χ2v) is 7.57. The van der Waals surface area contributed by atoms with Crippen LogP contribution in [0.2, 0.25) is 0 Å². The Morgan fingerprint density at radius 1 is 1.03 bits per heavy atom. The number of azo groups is 1. The molecule has 4 N–H and O–H groups in total. The molecule has 0 saturated heterocycles. The van der Waals surface area contributed by atoms with Crippen LogP contribution in [0, 0.1) is 0 Å². The maximum Gasteiger partial charge on any atom is 0.253 e. The van der Waals surface area contributed by atoms with Gasteiger partial charge in [-0.2, -0.15) is 0 Å². The topological polar surface area (TPSA) is 154 Å². The second-order valence-electron chi connectivity index (χ2n) is 6.61. The van der Waals surface area contributed by atoms with E-state index in [0.29, 0.717) is 10.9 Å². The molecule has 2 aromatic heterocycles. The Kier molecular flexibility index (Phi) is 5.77. The first-order valence-corrected chi connectivity index (χ1v) is 10.1. The molecule has 2 heterocycles. The fourth-order valence-electron chi connectivity index (χ4n) is 2.99. The highest BCUT2D eigenvalue weighted by atomic mass is 32.1. The van der Waals surface area contributed by atoms with Crippen LogP contribution in [0.4, 0.5) is 21.6 Å². The number of carbonyl (C=O) groups excluding carboxylic acids is 2. The molecular formula is C20H17N7O4S. The molecule has 11 nitrogen and oxygen atoms in total. The highest BCUT2D eigenvalue weighted by molar-refractivity contribution is 7.18. The predicted octanol–water partition coefficient (Wildman–Crippen LogP) is 3.92. The second kappa shape index (κ2) is 8.81.